The molecule has 0 N–H and O–H groups in total. The highest BCUT2D eigenvalue weighted by atomic mass is 16.5. The number of ketones is 1. The number of ether oxygens (including phenoxy) is 1. The molecule has 0 aliphatic carbocycles. The highest BCUT2D eigenvalue weighted by molar-refractivity contribution is 5.82. The zero-order valence-electron chi connectivity index (χ0n) is 7.72. The zero-order valence-corrected chi connectivity index (χ0v) is 7.72. The van der Waals surface area contributed by atoms with E-state index in [9.17, 15) is 4.79 Å². The maximum absolute atomic E-state index is 11.2. The van der Waals surface area contributed by atoms with Crippen molar-refractivity contribution in [3.05, 3.63) is 0 Å². The third kappa shape index (κ3) is 4.14. The van der Waals surface area contributed by atoms with E-state index in [1.54, 1.807) is 0 Å². The Balaban J connectivity index is 3.61. The summed E-state index contributed by atoms with van der Waals surface area (Å²) in [6.07, 6.45) is 1.87. The van der Waals surface area contributed by atoms with Crippen molar-refractivity contribution in [2.24, 2.45) is 5.92 Å². The predicted molar refractivity (Wildman–Crippen MR) is 45.6 cm³/mol. The molecule has 0 rings (SSSR count). The minimum absolute atomic E-state index is 0.210. The van der Waals surface area contributed by atoms with Crippen molar-refractivity contribution in [2.45, 2.75) is 33.6 Å². The van der Waals surface area contributed by atoms with Gasteiger partial charge >= 0.3 is 0 Å². The molecule has 0 saturated heterocycles. The van der Waals surface area contributed by atoms with Gasteiger partial charge in [-0.2, -0.15) is 0 Å². The van der Waals surface area contributed by atoms with E-state index < -0.39 is 0 Å². The second kappa shape index (κ2) is 6.35. The molecule has 2 nitrogen and oxygen atoms in total. The quantitative estimate of drug-likeness (QED) is 0.591. The maximum atomic E-state index is 11.2. The Morgan fingerprint density at radius 1 is 1.27 bits per heavy atom. The lowest BCUT2D eigenvalue weighted by molar-refractivity contribution is -0.127. The Kier molecular flexibility index (Phi) is 6.13. The van der Waals surface area contributed by atoms with Crippen LogP contribution in [0.4, 0.5) is 0 Å². The molecule has 0 aliphatic heterocycles. The Morgan fingerprint density at radius 2 is 1.82 bits per heavy atom. The fraction of sp³-hybridized carbons (Fsp3) is 0.889. The molecular weight excluding hydrogens is 140 g/mol. The summed E-state index contributed by atoms with van der Waals surface area (Å²) in [5, 5.41) is 0. The average Bonchev–Trinajstić information content (AvgIpc) is 2.03. The van der Waals surface area contributed by atoms with Gasteiger partial charge in [0.15, 0.2) is 5.78 Å². The summed E-state index contributed by atoms with van der Waals surface area (Å²) in [5.74, 6) is 0.457. The third-order valence-corrected chi connectivity index (χ3v) is 1.89. The van der Waals surface area contributed by atoms with Crippen LogP contribution in [-0.2, 0) is 9.53 Å². The molecule has 0 aromatic rings. The number of hydrogen-bond donors (Lipinski definition) is 0. The van der Waals surface area contributed by atoms with Crippen molar-refractivity contribution in [1.29, 1.82) is 0 Å². The minimum atomic E-state index is 0.210. The van der Waals surface area contributed by atoms with Crippen molar-refractivity contribution in [3.8, 4) is 0 Å². The van der Waals surface area contributed by atoms with E-state index in [0.29, 0.717) is 13.2 Å². The fourth-order valence-electron chi connectivity index (χ4n) is 1.06. The van der Waals surface area contributed by atoms with Gasteiger partial charge in [0, 0.05) is 12.5 Å². The van der Waals surface area contributed by atoms with Crippen molar-refractivity contribution in [2.75, 3.05) is 13.2 Å². The number of carbonyl (C=O) groups is 1. The SMILES string of the molecule is CCOCC(=O)C(CC)CC. The van der Waals surface area contributed by atoms with Crippen LogP contribution in [0.15, 0.2) is 0 Å². The number of rotatable bonds is 6. The lowest BCUT2D eigenvalue weighted by Crippen LogP contribution is -2.18. The first-order valence-corrected chi connectivity index (χ1v) is 4.36. The number of Topliss-reactive ketones (excluding diaryl/α,β-unsaturated/α-hetero) is 1. The molecule has 2 heteroatoms. The molecule has 0 saturated carbocycles. The summed E-state index contributed by atoms with van der Waals surface area (Å²) >= 11 is 0. The van der Waals surface area contributed by atoms with E-state index >= 15 is 0 Å². The van der Waals surface area contributed by atoms with Gasteiger partial charge in [0.05, 0.1) is 0 Å². The van der Waals surface area contributed by atoms with E-state index in [-0.39, 0.29) is 11.7 Å². The number of carbonyl (C=O) groups excluding carboxylic acids is 1. The van der Waals surface area contributed by atoms with Crippen molar-refractivity contribution >= 4 is 5.78 Å². The maximum Gasteiger partial charge on any atom is 0.161 e. The molecule has 0 aliphatic rings. The highest BCUT2D eigenvalue weighted by Crippen LogP contribution is 2.08. The van der Waals surface area contributed by atoms with Crippen LogP contribution in [0.2, 0.25) is 0 Å². The molecular formula is C9H18O2. The van der Waals surface area contributed by atoms with Gasteiger partial charge in [0.1, 0.15) is 6.61 Å². The lowest BCUT2D eigenvalue weighted by atomic mass is 9.99. The molecule has 66 valence electrons. The van der Waals surface area contributed by atoms with Crippen LogP contribution >= 0.6 is 0 Å². The van der Waals surface area contributed by atoms with Crippen LogP contribution in [0.5, 0.6) is 0 Å². The van der Waals surface area contributed by atoms with Crippen molar-refractivity contribution in [3.63, 3.8) is 0 Å². The van der Waals surface area contributed by atoms with Crippen LogP contribution < -0.4 is 0 Å². The second-order valence-electron chi connectivity index (χ2n) is 2.62. The Morgan fingerprint density at radius 3 is 2.18 bits per heavy atom. The summed E-state index contributed by atoms with van der Waals surface area (Å²) in [6, 6.07) is 0. The first kappa shape index (κ1) is 10.6. The first-order chi connectivity index (χ1) is 5.26. The summed E-state index contributed by atoms with van der Waals surface area (Å²) in [6.45, 7) is 6.91. The smallest absolute Gasteiger partial charge is 0.161 e. The van der Waals surface area contributed by atoms with E-state index in [2.05, 4.69) is 0 Å². The largest absolute Gasteiger partial charge is 0.374 e. The van der Waals surface area contributed by atoms with Gasteiger partial charge in [0.25, 0.3) is 0 Å². The van der Waals surface area contributed by atoms with Crippen molar-refractivity contribution in [1.82, 2.24) is 0 Å². The molecule has 0 fully saturated rings. The van der Waals surface area contributed by atoms with E-state index in [4.69, 9.17) is 4.74 Å². The van der Waals surface area contributed by atoms with E-state index in [1.165, 1.54) is 0 Å². The minimum Gasteiger partial charge on any atom is -0.374 e. The summed E-state index contributed by atoms with van der Waals surface area (Å²) < 4.78 is 5.03. The van der Waals surface area contributed by atoms with Crippen LogP contribution in [0.3, 0.4) is 0 Å². The van der Waals surface area contributed by atoms with Gasteiger partial charge in [-0.15, -0.1) is 0 Å². The summed E-state index contributed by atoms with van der Waals surface area (Å²) in [4.78, 5) is 11.2. The summed E-state index contributed by atoms with van der Waals surface area (Å²) in [7, 11) is 0. The topological polar surface area (TPSA) is 26.3 Å². The molecule has 0 aromatic carbocycles. The molecule has 0 heterocycles. The molecule has 0 bridgehead atoms. The molecule has 11 heavy (non-hydrogen) atoms. The van der Waals surface area contributed by atoms with Crippen LogP contribution in [0.1, 0.15) is 33.6 Å². The van der Waals surface area contributed by atoms with E-state index in [1.807, 2.05) is 20.8 Å². The Hall–Kier alpha value is -0.370. The lowest BCUT2D eigenvalue weighted by Gasteiger charge is -2.09. The molecule has 0 amide bonds. The van der Waals surface area contributed by atoms with Gasteiger partial charge in [0.2, 0.25) is 0 Å². The normalized spacial score (nSPS) is 10.5. The van der Waals surface area contributed by atoms with Crippen LogP contribution in [0.25, 0.3) is 0 Å². The Labute approximate surface area is 68.9 Å². The third-order valence-electron chi connectivity index (χ3n) is 1.89. The van der Waals surface area contributed by atoms with Crippen LogP contribution in [0, 0.1) is 5.92 Å². The second-order valence-corrected chi connectivity index (χ2v) is 2.62. The standard InChI is InChI=1S/C9H18O2/c1-4-8(5-2)9(10)7-11-6-3/h8H,4-7H2,1-3H3. The molecule has 0 radical (unpaired) electrons. The van der Waals surface area contributed by atoms with Crippen LogP contribution in [-0.4, -0.2) is 19.0 Å². The van der Waals surface area contributed by atoms with Gasteiger partial charge in [-0.1, -0.05) is 13.8 Å². The highest BCUT2D eigenvalue weighted by Gasteiger charge is 2.12. The monoisotopic (exact) mass is 158 g/mol. The molecule has 0 unspecified atom stereocenters. The van der Waals surface area contributed by atoms with Gasteiger partial charge in [-0.05, 0) is 19.8 Å². The summed E-state index contributed by atoms with van der Waals surface area (Å²) in [5.41, 5.74) is 0. The average molecular weight is 158 g/mol. The number of hydrogen-bond acceptors (Lipinski definition) is 2. The van der Waals surface area contributed by atoms with Crippen molar-refractivity contribution < 1.29 is 9.53 Å². The van der Waals surface area contributed by atoms with Gasteiger partial charge < -0.3 is 4.74 Å². The first-order valence-electron chi connectivity index (χ1n) is 4.36. The molecule has 0 spiro atoms. The van der Waals surface area contributed by atoms with Gasteiger partial charge in [-0.25, -0.2) is 0 Å². The fourth-order valence-corrected chi connectivity index (χ4v) is 1.06. The van der Waals surface area contributed by atoms with E-state index in [0.717, 1.165) is 12.8 Å². The zero-order chi connectivity index (χ0) is 8.69. The van der Waals surface area contributed by atoms with Gasteiger partial charge in [-0.3, -0.25) is 4.79 Å². The molecule has 0 aromatic heterocycles. The molecule has 0 atom stereocenters. The Bertz CT molecular complexity index is 106. The predicted octanol–water partition coefficient (Wildman–Crippen LogP) is 2.03.